The minimum atomic E-state index is -4.74. The van der Waals surface area contributed by atoms with Crippen molar-refractivity contribution < 1.29 is 26.3 Å². The van der Waals surface area contributed by atoms with Crippen molar-refractivity contribution in [2.75, 3.05) is 23.4 Å². The first-order valence-electron chi connectivity index (χ1n) is 8.09. The molecule has 2 rings (SSSR count). The molecule has 26 heavy (non-hydrogen) atoms. The van der Waals surface area contributed by atoms with Crippen LogP contribution in [0.1, 0.15) is 20.3 Å². The molecule has 1 aliphatic rings. The average molecular weight is 410 g/mol. The van der Waals surface area contributed by atoms with Crippen LogP contribution in [0, 0.1) is 5.92 Å². The zero-order chi connectivity index (χ0) is 19.5. The van der Waals surface area contributed by atoms with Gasteiger partial charge in [0.2, 0.25) is 0 Å². The SMILES string of the molecule is CC(C)CN(C(=S)Nc1ccc(OC(F)(F)F)cc1)[C@H]1CCS(=O)(=O)C1. The molecule has 0 aromatic heterocycles. The first-order valence-corrected chi connectivity index (χ1v) is 10.3. The Kier molecular flexibility index (Phi) is 6.38. The molecule has 1 fully saturated rings. The number of sulfone groups is 1. The second-order valence-electron chi connectivity index (χ2n) is 6.61. The Morgan fingerprint density at radius 2 is 1.96 bits per heavy atom. The lowest BCUT2D eigenvalue weighted by atomic mass is 10.1. The van der Waals surface area contributed by atoms with Gasteiger partial charge >= 0.3 is 6.36 Å². The molecule has 0 bridgehead atoms. The van der Waals surface area contributed by atoms with Crippen molar-refractivity contribution in [1.29, 1.82) is 0 Å². The van der Waals surface area contributed by atoms with Crippen molar-refractivity contribution in [1.82, 2.24) is 4.90 Å². The highest BCUT2D eigenvalue weighted by atomic mass is 32.2. The summed E-state index contributed by atoms with van der Waals surface area (Å²) in [5.41, 5.74) is 0.499. The van der Waals surface area contributed by atoms with Crippen molar-refractivity contribution in [3.63, 3.8) is 0 Å². The first kappa shape index (κ1) is 20.8. The maximum atomic E-state index is 12.2. The van der Waals surface area contributed by atoms with Gasteiger partial charge in [-0.2, -0.15) is 0 Å². The predicted octanol–water partition coefficient (Wildman–Crippen LogP) is 3.43. The number of anilines is 1. The monoisotopic (exact) mass is 410 g/mol. The number of alkyl halides is 3. The van der Waals surface area contributed by atoms with Gasteiger partial charge in [-0.15, -0.1) is 13.2 Å². The molecule has 0 aliphatic carbocycles. The molecule has 1 N–H and O–H groups in total. The molecule has 1 aromatic rings. The van der Waals surface area contributed by atoms with E-state index in [1.807, 2.05) is 18.7 Å². The number of rotatable bonds is 5. The summed E-state index contributed by atoms with van der Waals surface area (Å²) in [5, 5.41) is 3.32. The number of hydrogen-bond donors (Lipinski definition) is 1. The predicted molar refractivity (Wildman–Crippen MR) is 97.9 cm³/mol. The topological polar surface area (TPSA) is 58.6 Å². The largest absolute Gasteiger partial charge is 0.573 e. The minimum Gasteiger partial charge on any atom is -0.406 e. The Bertz CT molecular complexity index is 734. The lowest BCUT2D eigenvalue weighted by Gasteiger charge is -2.32. The number of thiocarbonyl (C=S) groups is 1. The van der Waals surface area contributed by atoms with E-state index in [4.69, 9.17) is 12.2 Å². The quantitative estimate of drug-likeness (QED) is 0.751. The van der Waals surface area contributed by atoms with Gasteiger partial charge in [0, 0.05) is 18.3 Å². The van der Waals surface area contributed by atoms with Crippen LogP contribution < -0.4 is 10.1 Å². The average Bonchev–Trinajstić information content (AvgIpc) is 2.85. The van der Waals surface area contributed by atoms with E-state index in [1.165, 1.54) is 24.3 Å². The summed E-state index contributed by atoms with van der Waals surface area (Å²) in [7, 11) is -3.06. The van der Waals surface area contributed by atoms with Gasteiger partial charge in [0.05, 0.1) is 11.5 Å². The third-order valence-corrected chi connectivity index (χ3v) is 5.90. The van der Waals surface area contributed by atoms with Gasteiger partial charge in [0.1, 0.15) is 5.75 Å². The van der Waals surface area contributed by atoms with E-state index in [-0.39, 0.29) is 29.2 Å². The fourth-order valence-corrected chi connectivity index (χ4v) is 4.82. The molecule has 10 heteroatoms. The Morgan fingerprint density at radius 3 is 2.42 bits per heavy atom. The fraction of sp³-hybridized carbons (Fsp3) is 0.562. The third-order valence-electron chi connectivity index (χ3n) is 3.81. The molecule has 1 heterocycles. The maximum Gasteiger partial charge on any atom is 0.573 e. The van der Waals surface area contributed by atoms with Crippen LogP contribution in [-0.4, -0.2) is 48.9 Å². The van der Waals surface area contributed by atoms with Crippen LogP contribution in [0.15, 0.2) is 24.3 Å². The van der Waals surface area contributed by atoms with Crippen LogP contribution in [0.2, 0.25) is 0 Å². The molecule has 0 unspecified atom stereocenters. The standard InChI is InChI=1S/C16H21F3N2O3S2/c1-11(2)9-21(13-7-8-26(22,23)10-13)15(25)20-12-3-5-14(6-4-12)24-16(17,18)19/h3-6,11,13H,7-10H2,1-2H3,(H,20,25)/t13-/m0/s1. The summed E-state index contributed by atoms with van der Waals surface area (Å²) in [6, 6.07) is 5.02. The molecule has 0 saturated carbocycles. The number of halogens is 3. The van der Waals surface area contributed by atoms with E-state index >= 15 is 0 Å². The molecule has 146 valence electrons. The van der Waals surface area contributed by atoms with Crippen LogP contribution in [0.25, 0.3) is 0 Å². The molecule has 0 radical (unpaired) electrons. The van der Waals surface area contributed by atoms with E-state index < -0.39 is 16.2 Å². The fourth-order valence-electron chi connectivity index (χ4n) is 2.75. The summed E-state index contributed by atoms with van der Waals surface area (Å²) in [6.07, 6.45) is -4.23. The van der Waals surface area contributed by atoms with Crippen molar-refractivity contribution in [2.45, 2.75) is 32.7 Å². The normalized spacial score (nSPS) is 19.4. The van der Waals surface area contributed by atoms with Gasteiger partial charge in [-0.1, -0.05) is 13.8 Å². The molecule has 5 nitrogen and oxygen atoms in total. The van der Waals surface area contributed by atoms with Gasteiger partial charge in [0.25, 0.3) is 0 Å². The van der Waals surface area contributed by atoms with Gasteiger partial charge in [-0.05, 0) is 48.8 Å². The highest BCUT2D eigenvalue weighted by Crippen LogP contribution is 2.25. The molecule has 1 atom stereocenters. The van der Waals surface area contributed by atoms with E-state index in [1.54, 1.807) is 0 Å². The lowest BCUT2D eigenvalue weighted by Crippen LogP contribution is -2.45. The second kappa shape index (κ2) is 7.99. The number of nitrogens with zero attached hydrogens (tertiary/aromatic N) is 1. The Morgan fingerprint density at radius 1 is 1.35 bits per heavy atom. The zero-order valence-corrected chi connectivity index (χ0v) is 16.0. The molecular formula is C16H21F3N2O3S2. The van der Waals surface area contributed by atoms with Crippen LogP contribution in [0.5, 0.6) is 5.75 Å². The van der Waals surface area contributed by atoms with E-state index in [0.29, 0.717) is 23.8 Å². The number of hydrogen-bond acceptors (Lipinski definition) is 4. The minimum absolute atomic E-state index is 0.0555. The van der Waals surface area contributed by atoms with Crippen molar-refractivity contribution in [3.05, 3.63) is 24.3 Å². The Balaban J connectivity index is 2.07. The van der Waals surface area contributed by atoms with Gasteiger partial charge in [0.15, 0.2) is 14.9 Å². The number of ether oxygens (including phenoxy) is 1. The van der Waals surface area contributed by atoms with Gasteiger partial charge < -0.3 is 15.0 Å². The van der Waals surface area contributed by atoms with Gasteiger partial charge in [-0.25, -0.2) is 8.42 Å². The molecule has 1 saturated heterocycles. The van der Waals surface area contributed by atoms with Crippen LogP contribution >= 0.6 is 12.2 Å². The molecule has 0 spiro atoms. The Labute approximate surface area is 156 Å². The summed E-state index contributed by atoms with van der Waals surface area (Å²) >= 11 is 5.42. The lowest BCUT2D eigenvalue weighted by molar-refractivity contribution is -0.274. The van der Waals surface area contributed by atoms with Crippen molar-refractivity contribution in [2.24, 2.45) is 5.92 Å². The van der Waals surface area contributed by atoms with Crippen LogP contribution in [0.3, 0.4) is 0 Å². The molecule has 1 aromatic carbocycles. The zero-order valence-electron chi connectivity index (χ0n) is 14.4. The summed E-state index contributed by atoms with van der Waals surface area (Å²) < 4.78 is 64.0. The summed E-state index contributed by atoms with van der Waals surface area (Å²) in [4.78, 5) is 1.85. The van der Waals surface area contributed by atoms with E-state index in [0.717, 1.165) is 0 Å². The molecule has 0 amide bonds. The first-order chi connectivity index (χ1) is 12.0. The smallest absolute Gasteiger partial charge is 0.406 e. The summed E-state index contributed by atoms with van der Waals surface area (Å²) in [5.74, 6) is 0.133. The van der Waals surface area contributed by atoms with Gasteiger partial charge in [-0.3, -0.25) is 0 Å². The van der Waals surface area contributed by atoms with Crippen LogP contribution in [0.4, 0.5) is 18.9 Å². The van der Waals surface area contributed by atoms with Crippen LogP contribution in [-0.2, 0) is 9.84 Å². The third kappa shape index (κ3) is 6.31. The molecular weight excluding hydrogens is 389 g/mol. The summed E-state index contributed by atoms with van der Waals surface area (Å²) in [6.45, 7) is 4.59. The van der Waals surface area contributed by atoms with E-state index in [2.05, 4.69) is 10.1 Å². The second-order valence-corrected chi connectivity index (χ2v) is 9.22. The van der Waals surface area contributed by atoms with E-state index in [9.17, 15) is 21.6 Å². The van der Waals surface area contributed by atoms with Crippen molar-refractivity contribution in [3.8, 4) is 5.75 Å². The Hall–Kier alpha value is -1.55. The highest BCUT2D eigenvalue weighted by Gasteiger charge is 2.34. The maximum absolute atomic E-state index is 12.2. The molecule has 1 aliphatic heterocycles. The highest BCUT2D eigenvalue weighted by molar-refractivity contribution is 7.91. The number of nitrogens with one attached hydrogen (secondary N) is 1. The van der Waals surface area contributed by atoms with Crippen molar-refractivity contribution >= 4 is 32.9 Å². The number of benzene rings is 1.